The lowest BCUT2D eigenvalue weighted by atomic mass is 10.1. The van der Waals surface area contributed by atoms with Gasteiger partial charge >= 0.3 is 0 Å². The molecular weight excluding hydrogens is 282 g/mol. The fourth-order valence-corrected chi connectivity index (χ4v) is 2.97. The number of carbonyl (C=O) groups is 1. The van der Waals surface area contributed by atoms with Crippen molar-refractivity contribution in [3.8, 4) is 0 Å². The molecule has 0 spiro atoms. The van der Waals surface area contributed by atoms with Gasteiger partial charge < -0.3 is 9.88 Å². The van der Waals surface area contributed by atoms with E-state index in [0.717, 1.165) is 10.4 Å². The summed E-state index contributed by atoms with van der Waals surface area (Å²) in [5, 5.41) is 5.12. The largest absolute Gasteiger partial charge is 0.343 e. The summed E-state index contributed by atoms with van der Waals surface area (Å²) in [7, 11) is 0. The van der Waals surface area contributed by atoms with E-state index in [0.29, 0.717) is 0 Å². The second-order valence-corrected chi connectivity index (χ2v) is 5.64. The molecule has 21 heavy (non-hydrogen) atoms. The highest BCUT2D eigenvalue weighted by Gasteiger charge is 2.17. The van der Waals surface area contributed by atoms with Gasteiger partial charge in [0.15, 0.2) is 0 Å². The average molecular weight is 297 g/mol. The Morgan fingerprint density at radius 2 is 2.10 bits per heavy atom. The van der Waals surface area contributed by atoms with E-state index >= 15 is 0 Å². The van der Waals surface area contributed by atoms with Crippen LogP contribution in [0.2, 0.25) is 0 Å². The molecule has 0 aliphatic rings. The monoisotopic (exact) mass is 297 g/mol. The molecular formula is C16H15N3OS. The topological polar surface area (TPSA) is 46.9 Å². The molecule has 1 aromatic carbocycles. The second-order valence-electron chi connectivity index (χ2n) is 4.66. The average Bonchev–Trinajstić information content (AvgIpc) is 3.19. The fourth-order valence-electron chi connectivity index (χ4n) is 2.17. The van der Waals surface area contributed by atoms with Crippen LogP contribution in [0.5, 0.6) is 0 Å². The molecule has 2 aromatic heterocycles. The predicted molar refractivity (Wildman–Crippen MR) is 83.0 cm³/mol. The summed E-state index contributed by atoms with van der Waals surface area (Å²) < 4.78 is 1.76. The molecule has 0 saturated heterocycles. The SMILES string of the molecule is O=C(Cn1ccnc1)N[C@H](c1ccccc1)c1cccs1. The quantitative estimate of drug-likeness (QED) is 0.787. The van der Waals surface area contributed by atoms with Gasteiger partial charge in [0, 0.05) is 17.3 Å². The Bertz CT molecular complexity index is 678. The minimum Gasteiger partial charge on any atom is -0.343 e. The number of carbonyl (C=O) groups excluding carboxylic acids is 1. The van der Waals surface area contributed by atoms with E-state index in [1.165, 1.54) is 0 Å². The zero-order chi connectivity index (χ0) is 14.5. The van der Waals surface area contributed by atoms with Crippen molar-refractivity contribution in [2.75, 3.05) is 0 Å². The number of aromatic nitrogens is 2. The second kappa shape index (κ2) is 6.37. The zero-order valence-electron chi connectivity index (χ0n) is 11.3. The van der Waals surface area contributed by atoms with Gasteiger partial charge in [-0.05, 0) is 17.0 Å². The van der Waals surface area contributed by atoms with Gasteiger partial charge in [0.25, 0.3) is 0 Å². The van der Waals surface area contributed by atoms with Crippen molar-refractivity contribution in [2.24, 2.45) is 0 Å². The third kappa shape index (κ3) is 3.38. The van der Waals surface area contributed by atoms with Crippen LogP contribution < -0.4 is 5.32 Å². The lowest BCUT2D eigenvalue weighted by molar-refractivity contribution is -0.122. The molecule has 0 radical (unpaired) electrons. The van der Waals surface area contributed by atoms with Crippen molar-refractivity contribution in [1.82, 2.24) is 14.9 Å². The fraction of sp³-hybridized carbons (Fsp3) is 0.125. The van der Waals surface area contributed by atoms with Gasteiger partial charge in [0.1, 0.15) is 6.54 Å². The van der Waals surface area contributed by atoms with Gasteiger partial charge in [0.05, 0.1) is 12.4 Å². The van der Waals surface area contributed by atoms with Crippen LogP contribution >= 0.6 is 11.3 Å². The molecule has 3 rings (SSSR count). The smallest absolute Gasteiger partial charge is 0.240 e. The molecule has 3 aromatic rings. The minimum atomic E-state index is -0.109. The summed E-state index contributed by atoms with van der Waals surface area (Å²) >= 11 is 1.64. The Morgan fingerprint density at radius 1 is 1.24 bits per heavy atom. The molecule has 1 amide bonds. The van der Waals surface area contributed by atoms with Crippen molar-refractivity contribution >= 4 is 17.2 Å². The molecule has 5 heteroatoms. The Balaban J connectivity index is 1.78. The van der Waals surface area contributed by atoms with E-state index < -0.39 is 0 Å². The van der Waals surface area contributed by atoms with Crippen LogP contribution in [0.4, 0.5) is 0 Å². The van der Waals surface area contributed by atoms with Crippen molar-refractivity contribution in [3.05, 3.63) is 77.0 Å². The number of benzene rings is 1. The lowest BCUT2D eigenvalue weighted by Gasteiger charge is -2.18. The van der Waals surface area contributed by atoms with Crippen LogP contribution in [0.15, 0.2) is 66.6 Å². The predicted octanol–water partition coefficient (Wildman–Crippen LogP) is 2.85. The van der Waals surface area contributed by atoms with Crippen LogP contribution in [0, 0.1) is 0 Å². The van der Waals surface area contributed by atoms with Gasteiger partial charge in [-0.3, -0.25) is 4.79 Å². The first-order valence-corrected chi connectivity index (χ1v) is 7.54. The van der Waals surface area contributed by atoms with Gasteiger partial charge in [0.2, 0.25) is 5.91 Å². The third-order valence-electron chi connectivity index (χ3n) is 3.15. The van der Waals surface area contributed by atoms with Crippen LogP contribution in [0.25, 0.3) is 0 Å². The van der Waals surface area contributed by atoms with E-state index in [9.17, 15) is 4.79 Å². The Kier molecular flexibility index (Phi) is 4.12. The summed E-state index contributed by atoms with van der Waals surface area (Å²) in [5.74, 6) is -0.0322. The molecule has 1 N–H and O–H groups in total. The van der Waals surface area contributed by atoms with Crippen molar-refractivity contribution in [3.63, 3.8) is 0 Å². The number of nitrogens with zero attached hydrogens (tertiary/aromatic N) is 2. The number of amides is 1. The Hall–Kier alpha value is -2.40. The van der Waals surface area contributed by atoms with E-state index in [2.05, 4.69) is 10.3 Å². The number of hydrogen-bond donors (Lipinski definition) is 1. The van der Waals surface area contributed by atoms with E-state index in [1.807, 2.05) is 47.8 Å². The Labute approximate surface area is 127 Å². The first-order valence-electron chi connectivity index (χ1n) is 6.66. The highest BCUT2D eigenvalue weighted by Crippen LogP contribution is 2.25. The van der Waals surface area contributed by atoms with Gasteiger partial charge in [-0.1, -0.05) is 36.4 Å². The van der Waals surface area contributed by atoms with Crippen LogP contribution in [0.3, 0.4) is 0 Å². The van der Waals surface area contributed by atoms with Crippen molar-refractivity contribution in [2.45, 2.75) is 12.6 Å². The number of nitrogens with one attached hydrogen (secondary N) is 1. The van der Waals surface area contributed by atoms with Gasteiger partial charge in [-0.2, -0.15) is 0 Å². The molecule has 1 atom stereocenters. The molecule has 0 aliphatic heterocycles. The molecule has 106 valence electrons. The van der Waals surface area contributed by atoms with E-state index in [-0.39, 0.29) is 18.5 Å². The van der Waals surface area contributed by atoms with Crippen LogP contribution in [0.1, 0.15) is 16.5 Å². The molecule has 2 heterocycles. The van der Waals surface area contributed by atoms with Crippen molar-refractivity contribution in [1.29, 1.82) is 0 Å². The Morgan fingerprint density at radius 3 is 2.76 bits per heavy atom. The summed E-state index contributed by atoms with van der Waals surface area (Å²) in [4.78, 5) is 17.3. The molecule has 4 nitrogen and oxygen atoms in total. The first kappa shape index (κ1) is 13.6. The normalized spacial score (nSPS) is 12.0. The molecule has 0 aliphatic carbocycles. The zero-order valence-corrected chi connectivity index (χ0v) is 12.2. The number of thiophene rings is 1. The maximum absolute atomic E-state index is 12.2. The molecule has 0 saturated carbocycles. The summed E-state index contributed by atoms with van der Waals surface area (Å²) in [6.07, 6.45) is 5.09. The summed E-state index contributed by atoms with van der Waals surface area (Å²) in [5.41, 5.74) is 1.08. The first-order chi connectivity index (χ1) is 10.3. The van der Waals surface area contributed by atoms with Crippen molar-refractivity contribution < 1.29 is 4.79 Å². The van der Waals surface area contributed by atoms with E-state index in [4.69, 9.17) is 0 Å². The highest BCUT2D eigenvalue weighted by molar-refractivity contribution is 7.10. The van der Waals surface area contributed by atoms with Crippen LogP contribution in [-0.2, 0) is 11.3 Å². The number of rotatable bonds is 5. The van der Waals surface area contributed by atoms with E-state index in [1.54, 1.807) is 34.6 Å². The summed E-state index contributed by atoms with van der Waals surface area (Å²) in [6, 6.07) is 13.9. The minimum absolute atomic E-state index is 0.0322. The summed E-state index contributed by atoms with van der Waals surface area (Å²) in [6.45, 7) is 0.273. The number of imidazole rings is 1. The van der Waals surface area contributed by atoms with Crippen LogP contribution in [-0.4, -0.2) is 15.5 Å². The standard InChI is InChI=1S/C16H15N3OS/c20-15(11-19-9-8-17-12-19)18-16(14-7-4-10-21-14)13-5-2-1-3-6-13/h1-10,12,16H,11H2,(H,18,20)/t16-/m1/s1. The lowest BCUT2D eigenvalue weighted by Crippen LogP contribution is -2.31. The molecule has 0 fully saturated rings. The maximum Gasteiger partial charge on any atom is 0.240 e. The third-order valence-corrected chi connectivity index (χ3v) is 4.09. The molecule has 0 bridgehead atoms. The maximum atomic E-state index is 12.2. The molecule has 0 unspecified atom stereocenters. The van der Waals surface area contributed by atoms with Gasteiger partial charge in [-0.15, -0.1) is 11.3 Å². The number of hydrogen-bond acceptors (Lipinski definition) is 3. The van der Waals surface area contributed by atoms with Gasteiger partial charge in [-0.25, -0.2) is 4.98 Å². The highest BCUT2D eigenvalue weighted by atomic mass is 32.1.